The molecule has 2 aromatic rings. The van der Waals surface area contributed by atoms with Crippen molar-refractivity contribution >= 4 is 54.3 Å². The molecule has 2 aromatic heterocycles. The molecule has 2 rings (SSSR count). The number of aromatic nitrogens is 2. The fourth-order valence-corrected chi connectivity index (χ4v) is 1.40. The summed E-state index contributed by atoms with van der Waals surface area (Å²) in [4.78, 5) is 19.1. The molecule has 13 heavy (non-hydrogen) atoms. The second-order valence-electron chi connectivity index (χ2n) is 1.34. The maximum atomic E-state index is 9.53. The summed E-state index contributed by atoms with van der Waals surface area (Å²) in [7, 11) is 4.66. The van der Waals surface area contributed by atoms with E-state index >= 15 is 0 Å². The van der Waals surface area contributed by atoms with Gasteiger partial charge in [-0.1, -0.05) is 0 Å². The third-order valence-corrected chi connectivity index (χ3v) is 3.58. The van der Waals surface area contributed by atoms with Gasteiger partial charge in [0, 0.05) is 42.1 Å². The Bertz CT molecular complexity index is 296. The van der Waals surface area contributed by atoms with E-state index in [9.17, 15) is 19.8 Å². The molecule has 0 atom stereocenters. The maximum Gasteiger partial charge on any atom is 2.00 e. The van der Waals surface area contributed by atoms with E-state index in [1.165, 1.54) is 0 Å². The zero-order valence-corrected chi connectivity index (χ0v) is 9.67. The summed E-state index contributed by atoms with van der Waals surface area (Å²) in [6.07, 6.45) is -2.24. The van der Waals surface area contributed by atoms with E-state index in [1.54, 1.807) is 0 Å². The number of hydrogen-bond acceptors (Lipinski definition) is 8. The van der Waals surface area contributed by atoms with Crippen LogP contribution in [0.15, 0.2) is 0 Å². The number of nitrogens with zero attached hydrogens (tertiary/aromatic N) is 2. The van der Waals surface area contributed by atoms with Gasteiger partial charge in [0.1, 0.15) is 0 Å². The zero-order chi connectivity index (χ0) is 9.14. The van der Waals surface area contributed by atoms with Crippen molar-refractivity contribution in [2.75, 3.05) is 0 Å². The molecule has 0 aliphatic rings. The first-order chi connectivity index (χ1) is 5.61. The first-order valence-corrected chi connectivity index (χ1v) is 6.45. The van der Waals surface area contributed by atoms with Crippen molar-refractivity contribution in [1.82, 2.24) is 6.69 Å². The van der Waals surface area contributed by atoms with Crippen molar-refractivity contribution in [1.29, 1.82) is 0 Å². The van der Waals surface area contributed by atoms with Gasteiger partial charge in [0.15, 0.2) is 12.2 Å². The minimum absolute atomic E-state index is 0. The van der Waals surface area contributed by atoms with E-state index in [0.717, 1.165) is 48.8 Å². The van der Waals surface area contributed by atoms with Crippen LogP contribution in [0, 0.1) is 0 Å². The standard InChI is InChI=1S/2CHNO2S2.Cu/c2*3-1(4)2-5-6-2;/h2*(H,3,4);/q;;+2/p-2. The van der Waals surface area contributed by atoms with Gasteiger partial charge >= 0.3 is 17.1 Å². The van der Waals surface area contributed by atoms with Crippen molar-refractivity contribution in [3.05, 3.63) is 0 Å². The number of rotatable bonds is 0. The van der Waals surface area contributed by atoms with Crippen LogP contribution < -0.4 is 10.2 Å². The summed E-state index contributed by atoms with van der Waals surface area (Å²) in [5.41, 5.74) is 0. The Balaban J connectivity index is 0.000000206. The fourth-order valence-electron chi connectivity index (χ4n) is 0.155. The van der Waals surface area contributed by atoms with Gasteiger partial charge in [0.2, 0.25) is 0 Å². The van der Waals surface area contributed by atoms with Gasteiger partial charge in [0.05, 0.1) is 0 Å². The van der Waals surface area contributed by atoms with Gasteiger partial charge in [-0.15, -0.1) is 0 Å². The molecule has 0 saturated heterocycles. The van der Waals surface area contributed by atoms with Gasteiger partial charge < -0.3 is 19.8 Å². The van der Waals surface area contributed by atoms with Crippen molar-refractivity contribution in [3.8, 4) is 0 Å². The summed E-state index contributed by atoms with van der Waals surface area (Å²) in [6.45, 7) is 0. The van der Waals surface area contributed by atoms with Crippen molar-refractivity contribution in [2.24, 2.45) is 0 Å². The number of carbonyl (C=O) groups is 2. The molecule has 0 aromatic carbocycles. The number of hydrogen-bond donors (Lipinski definition) is 0. The molecule has 0 spiro atoms. The summed E-state index contributed by atoms with van der Waals surface area (Å²) in [6, 6.07) is 0. The molecule has 0 unspecified atom stereocenters. The van der Waals surface area contributed by atoms with E-state index in [-0.39, 0.29) is 17.1 Å². The van der Waals surface area contributed by atoms with Crippen LogP contribution in [0.4, 0.5) is 9.59 Å². The van der Waals surface area contributed by atoms with Crippen LogP contribution in [0.3, 0.4) is 0 Å². The Morgan fingerprint density at radius 2 is 1.08 bits per heavy atom. The van der Waals surface area contributed by atoms with Crippen LogP contribution in [0.5, 0.6) is 0 Å². The van der Waals surface area contributed by atoms with Crippen molar-refractivity contribution in [2.45, 2.75) is 0 Å². The average molecular weight is 308 g/mol. The summed E-state index contributed by atoms with van der Waals surface area (Å²) < 4.78 is 2.11. The minimum atomic E-state index is -1.12. The van der Waals surface area contributed by atoms with Crippen LogP contribution >= 0.6 is 42.1 Å². The summed E-state index contributed by atoms with van der Waals surface area (Å²) in [5, 5.41) is 19.1. The smallest absolute Gasteiger partial charge is 0.528 e. The summed E-state index contributed by atoms with van der Waals surface area (Å²) >= 11 is 0. The molecular weight excluding hydrogens is 308 g/mol. The van der Waals surface area contributed by atoms with Gasteiger partial charge in [-0.25, -0.2) is 0 Å². The van der Waals surface area contributed by atoms with Gasteiger partial charge in [-0.05, 0) is 0 Å². The molecule has 0 aliphatic carbocycles. The summed E-state index contributed by atoms with van der Waals surface area (Å²) in [5.74, 6) is 0. The second-order valence-corrected chi connectivity index (χ2v) is 5.65. The predicted octanol–water partition coefficient (Wildman–Crippen LogP) is -0.397. The molecular formula is C2CuN2O4S4. The molecule has 0 bridgehead atoms. The van der Waals surface area contributed by atoms with Crippen LogP contribution in [0.1, 0.15) is 0 Å². The van der Waals surface area contributed by atoms with Gasteiger partial charge in [-0.3, -0.25) is 0 Å². The van der Waals surface area contributed by atoms with E-state index < -0.39 is 12.2 Å². The molecule has 77 valence electrons. The molecule has 6 nitrogen and oxygen atoms in total. The molecule has 0 fully saturated rings. The third-order valence-electron chi connectivity index (χ3n) is 0.596. The van der Waals surface area contributed by atoms with E-state index in [1.807, 2.05) is 0 Å². The largest absolute Gasteiger partial charge is 2.00 e. The molecule has 11 heteroatoms. The third kappa shape index (κ3) is 6.07. The first-order valence-electron chi connectivity index (χ1n) is 2.33. The molecule has 0 aliphatic heterocycles. The van der Waals surface area contributed by atoms with Gasteiger partial charge in [-0.2, -0.15) is 6.69 Å². The Morgan fingerprint density at radius 1 is 0.846 bits per heavy atom. The zero-order valence-electron chi connectivity index (χ0n) is 5.46. The first kappa shape index (κ1) is 12.9. The number of carboxylic acid groups (broad SMARTS) is 2. The predicted molar refractivity (Wildman–Crippen MR) is 42.0 cm³/mol. The molecule has 0 amide bonds. The molecule has 2 heterocycles. The van der Waals surface area contributed by atoms with Crippen LogP contribution in [-0.2, 0) is 17.1 Å². The Kier molecular flexibility index (Phi) is 5.60. The van der Waals surface area contributed by atoms with Gasteiger partial charge in [0.25, 0.3) is 0 Å². The average Bonchev–Trinajstić information content (AvgIpc) is 2.85. The SMILES string of the molecule is O=C([O-])n1ss1.O=C([O-])n1ss1.[Cu+2]. The molecule has 1 radical (unpaired) electrons. The van der Waals surface area contributed by atoms with E-state index in [4.69, 9.17) is 0 Å². The Labute approximate surface area is 97.5 Å². The van der Waals surface area contributed by atoms with Crippen LogP contribution in [-0.4, -0.2) is 18.9 Å². The molecule has 0 saturated carbocycles. The van der Waals surface area contributed by atoms with Crippen molar-refractivity contribution < 1.29 is 36.9 Å². The Hall–Kier alpha value is -0.0605. The second kappa shape index (κ2) is 5.62. The normalized spacial score (nSPS) is 8.62. The van der Waals surface area contributed by atoms with E-state index in [2.05, 4.69) is 0 Å². The topological polar surface area (TPSA) is 90.1 Å². The fraction of sp³-hybridized carbons (Fsp3) is 0. The molecule has 0 N–H and O–H groups in total. The van der Waals surface area contributed by atoms with E-state index in [0.29, 0.717) is 0 Å². The van der Waals surface area contributed by atoms with Crippen LogP contribution in [0.2, 0.25) is 0 Å². The number of carbonyl (C=O) groups excluding carboxylic acids is 2. The maximum absolute atomic E-state index is 9.53. The minimum Gasteiger partial charge on any atom is -0.528 e. The van der Waals surface area contributed by atoms with Crippen molar-refractivity contribution in [3.63, 3.8) is 0 Å². The van der Waals surface area contributed by atoms with Crippen LogP contribution in [0.25, 0.3) is 0 Å². The Morgan fingerprint density at radius 3 is 1.08 bits per heavy atom. The quantitative estimate of drug-likeness (QED) is 0.489. The monoisotopic (exact) mass is 307 g/mol.